The first-order valence-corrected chi connectivity index (χ1v) is 6.46. The van der Waals surface area contributed by atoms with Gasteiger partial charge in [-0.25, -0.2) is 0 Å². The first kappa shape index (κ1) is 23.8. The molecule has 2 aromatic rings. The van der Waals surface area contributed by atoms with Gasteiger partial charge in [0, 0.05) is 5.56 Å². The van der Waals surface area contributed by atoms with E-state index in [1.807, 2.05) is 0 Å². The summed E-state index contributed by atoms with van der Waals surface area (Å²) in [5.74, 6) is -4.66. The maximum Gasteiger partial charge on any atom is 1.00 e. The van der Waals surface area contributed by atoms with Gasteiger partial charge in [0.05, 0.1) is 38.1 Å². The maximum atomic E-state index is 11.6. The van der Waals surface area contributed by atoms with Crippen molar-refractivity contribution in [3.63, 3.8) is 0 Å². The molecule has 0 saturated carbocycles. The van der Waals surface area contributed by atoms with Crippen LogP contribution >= 0.6 is 0 Å². The summed E-state index contributed by atoms with van der Waals surface area (Å²) >= 11 is 0. The van der Waals surface area contributed by atoms with Gasteiger partial charge in [-0.1, -0.05) is 24.3 Å². The molecule has 8 nitrogen and oxygen atoms in total. The number of nitrogens with zero attached hydrogens (tertiary/aromatic N) is 2. The van der Waals surface area contributed by atoms with Crippen LogP contribution in [0.25, 0.3) is 0 Å². The normalized spacial score (nSPS) is 10.6. The molecular formula is C15H12N2Na2O6. The Bertz CT molecular complexity index is 734. The van der Waals surface area contributed by atoms with Crippen molar-refractivity contribution in [2.75, 3.05) is 14.2 Å². The number of aromatic carboxylic acids is 1. The summed E-state index contributed by atoms with van der Waals surface area (Å²) in [7, 11) is 2.68. The van der Waals surface area contributed by atoms with Gasteiger partial charge >= 0.3 is 59.1 Å². The molecule has 1 aromatic heterocycles. The summed E-state index contributed by atoms with van der Waals surface area (Å²) in [4.78, 5) is 30.7. The molecule has 1 unspecified atom stereocenters. The first-order valence-electron chi connectivity index (χ1n) is 6.46. The van der Waals surface area contributed by atoms with E-state index in [1.165, 1.54) is 44.6 Å². The van der Waals surface area contributed by atoms with Crippen molar-refractivity contribution in [1.82, 2.24) is 9.97 Å². The minimum absolute atomic E-state index is 0. The van der Waals surface area contributed by atoms with E-state index in [1.54, 1.807) is 0 Å². The molecule has 0 bridgehead atoms. The quantitative estimate of drug-likeness (QED) is 0.464. The molecule has 1 heterocycles. The van der Waals surface area contributed by atoms with E-state index in [-0.39, 0.29) is 87.8 Å². The monoisotopic (exact) mass is 362 g/mol. The van der Waals surface area contributed by atoms with E-state index >= 15 is 0 Å². The Hall–Kier alpha value is -1.16. The van der Waals surface area contributed by atoms with Gasteiger partial charge in [-0.2, -0.15) is 9.97 Å². The average molecular weight is 362 g/mol. The van der Waals surface area contributed by atoms with Crippen LogP contribution in [0.5, 0.6) is 11.8 Å². The predicted molar refractivity (Wildman–Crippen MR) is 72.8 cm³/mol. The van der Waals surface area contributed by atoms with Gasteiger partial charge in [0.2, 0.25) is 11.8 Å². The first-order chi connectivity index (χ1) is 11.0. The molecule has 0 aliphatic rings. The van der Waals surface area contributed by atoms with Crippen molar-refractivity contribution < 1.29 is 88.4 Å². The third kappa shape index (κ3) is 5.67. The predicted octanol–water partition coefficient (Wildman–Crippen LogP) is -7.25. The van der Waals surface area contributed by atoms with Crippen LogP contribution in [-0.4, -0.2) is 36.1 Å². The zero-order chi connectivity index (χ0) is 17.0. The van der Waals surface area contributed by atoms with Crippen LogP contribution in [-0.2, 0) is 4.79 Å². The number of carboxylic acids is 2. The number of carbonyl (C=O) groups excluding carboxylic acids is 2. The van der Waals surface area contributed by atoms with Gasteiger partial charge in [-0.15, -0.1) is 0 Å². The van der Waals surface area contributed by atoms with E-state index in [9.17, 15) is 19.8 Å². The van der Waals surface area contributed by atoms with E-state index in [4.69, 9.17) is 9.47 Å². The van der Waals surface area contributed by atoms with Crippen molar-refractivity contribution in [1.29, 1.82) is 0 Å². The molecule has 0 aliphatic carbocycles. The van der Waals surface area contributed by atoms with E-state index in [2.05, 4.69) is 9.97 Å². The number of methoxy groups -OCH3 is 2. The van der Waals surface area contributed by atoms with Gasteiger partial charge in [0.1, 0.15) is 5.82 Å². The maximum absolute atomic E-state index is 11.6. The third-order valence-corrected chi connectivity index (χ3v) is 3.10. The van der Waals surface area contributed by atoms with E-state index in [0.29, 0.717) is 0 Å². The molecule has 0 spiro atoms. The molecule has 25 heavy (non-hydrogen) atoms. The van der Waals surface area contributed by atoms with Gasteiger partial charge in [-0.05, 0) is 5.56 Å². The Morgan fingerprint density at radius 3 is 1.96 bits per heavy atom. The number of aliphatic carboxylic acids is 1. The molecule has 0 radical (unpaired) electrons. The zero-order valence-electron chi connectivity index (χ0n) is 14.3. The molecular weight excluding hydrogens is 350 g/mol. The van der Waals surface area contributed by atoms with Crippen LogP contribution in [0.4, 0.5) is 0 Å². The summed E-state index contributed by atoms with van der Waals surface area (Å²) in [6.07, 6.45) is 0. The second-order valence-corrected chi connectivity index (χ2v) is 4.44. The van der Waals surface area contributed by atoms with Gasteiger partial charge in [-0.3, -0.25) is 0 Å². The van der Waals surface area contributed by atoms with Crippen LogP contribution in [0, 0.1) is 0 Å². The molecule has 0 aliphatic heterocycles. The SMILES string of the molecule is COc1cc(OC)nc(C(C(=O)[O-])c2ccccc2C(=O)[O-])n1.[Na+].[Na+]. The molecule has 2 rings (SSSR count). The summed E-state index contributed by atoms with van der Waals surface area (Å²) in [6, 6.07) is 6.88. The molecule has 0 saturated heterocycles. The number of ether oxygens (including phenoxy) is 2. The number of rotatable bonds is 6. The standard InChI is InChI=1S/C15H14N2O6.2Na/c1-22-10-7-11(23-2)17-13(16-10)12(15(20)21)8-5-3-4-6-9(8)14(18)19;;/h3-7,12H,1-2H3,(H,18,19)(H,20,21);;/q;2*+1/p-2. The number of carbonyl (C=O) groups is 2. The molecule has 1 aromatic carbocycles. The van der Waals surface area contributed by atoms with Crippen molar-refractivity contribution in [2.24, 2.45) is 0 Å². The summed E-state index contributed by atoms with van der Waals surface area (Å²) < 4.78 is 9.94. The fourth-order valence-corrected chi connectivity index (χ4v) is 2.07. The summed E-state index contributed by atoms with van der Waals surface area (Å²) in [6.45, 7) is 0. The molecule has 0 fully saturated rings. The van der Waals surface area contributed by atoms with Crippen molar-refractivity contribution >= 4 is 11.9 Å². The number of hydrogen-bond donors (Lipinski definition) is 0. The topological polar surface area (TPSA) is 125 Å². The summed E-state index contributed by atoms with van der Waals surface area (Å²) in [5.41, 5.74) is -0.338. The summed E-state index contributed by atoms with van der Waals surface area (Å²) in [5, 5.41) is 22.8. The number of hydrogen-bond acceptors (Lipinski definition) is 8. The Balaban J connectivity index is 0.00000288. The Labute approximate surface area is 188 Å². The number of carboxylic acid groups (broad SMARTS) is 2. The third-order valence-electron chi connectivity index (χ3n) is 3.10. The van der Waals surface area contributed by atoms with Crippen molar-refractivity contribution in [3.8, 4) is 11.8 Å². The van der Waals surface area contributed by atoms with Gasteiger partial charge in [0.25, 0.3) is 0 Å². The molecule has 0 N–H and O–H groups in total. The van der Waals surface area contributed by atoms with Crippen LogP contribution in [0.2, 0.25) is 0 Å². The Morgan fingerprint density at radius 2 is 1.52 bits per heavy atom. The molecule has 120 valence electrons. The van der Waals surface area contributed by atoms with Crippen LogP contribution < -0.4 is 78.8 Å². The number of aromatic nitrogens is 2. The van der Waals surface area contributed by atoms with Gasteiger partial charge in [0.15, 0.2) is 0 Å². The minimum Gasteiger partial charge on any atom is -0.549 e. The van der Waals surface area contributed by atoms with Crippen LogP contribution in [0.3, 0.4) is 0 Å². The molecule has 1 atom stereocenters. The van der Waals surface area contributed by atoms with Gasteiger partial charge < -0.3 is 29.3 Å². The van der Waals surface area contributed by atoms with Crippen LogP contribution in [0.15, 0.2) is 30.3 Å². The Morgan fingerprint density at radius 1 is 1.00 bits per heavy atom. The largest absolute Gasteiger partial charge is 1.00 e. The second-order valence-electron chi connectivity index (χ2n) is 4.44. The molecule has 0 amide bonds. The number of benzene rings is 1. The molecule has 10 heteroatoms. The van der Waals surface area contributed by atoms with E-state index < -0.39 is 17.9 Å². The Kier molecular flexibility index (Phi) is 10.2. The van der Waals surface area contributed by atoms with Crippen molar-refractivity contribution in [2.45, 2.75) is 5.92 Å². The van der Waals surface area contributed by atoms with E-state index in [0.717, 1.165) is 0 Å². The van der Waals surface area contributed by atoms with Crippen LogP contribution in [0.1, 0.15) is 27.7 Å². The minimum atomic E-state index is -1.56. The average Bonchev–Trinajstić information content (AvgIpc) is 2.54. The fraction of sp³-hybridized carbons (Fsp3) is 0.200. The fourth-order valence-electron chi connectivity index (χ4n) is 2.07. The second kappa shape index (κ2) is 10.7. The van der Waals surface area contributed by atoms with Crippen molar-refractivity contribution in [3.05, 3.63) is 47.3 Å². The zero-order valence-corrected chi connectivity index (χ0v) is 18.3. The smallest absolute Gasteiger partial charge is 0.549 e.